The lowest BCUT2D eigenvalue weighted by molar-refractivity contribution is -0.133. The van der Waals surface area contributed by atoms with Gasteiger partial charge in [0.05, 0.1) is 11.1 Å². The fourth-order valence-electron chi connectivity index (χ4n) is 3.98. The molecule has 0 saturated carbocycles. The van der Waals surface area contributed by atoms with Crippen molar-refractivity contribution in [2.75, 3.05) is 32.7 Å². The van der Waals surface area contributed by atoms with Crippen LogP contribution in [0, 0.1) is 0 Å². The maximum absolute atomic E-state index is 12.9. The first-order valence-corrected chi connectivity index (χ1v) is 11.4. The molecule has 0 N–H and O–H groups in total. The Morgan fingerprint density at radius 1 is 1.03 bits per heavy atom. The van der Waals surface area contributed by atoms with E-state index in [9.17, 15) is 13.2 Å². The summed E-state index contributed by atoms with van der Waals surface area (Å²) in [6.45, 7) is 3.02. The molecule has 3 heterocycles. The number of carbonyl (C=O) groups excluding carboxylic acids is 1. The van der Waals surface area contributed by atoms with Crippen molar-refractivity contribution in [2.45, 2.75) is 23.9 Å². The molecule has 9 heteroatoms. The number of carbonyl (C=O) groups is 1. The highest BCUT2D eigenvalue weighted by Gasteiger charge is 2.39. The molecule has 0 aliphatic carbocycles. The summed E-state index contributed by atoms with van der Waals surface area (Å²) in [6.07, 6.45) is 4.25. The third-order valence-corrected chi connectivity index (χ3v) is 7.93. The number of hydrogen-bond acceptors (Lipinski definition) is 5. The van der Waals surface area contributed by atoms with E-state index in [0.29, 0.717) is 39.3 Å². The fourth-order valence-corrected chi connectivity index (χ4v) is 5.89. The minimum Gasteiger partial charge on any atom is -0.337 e. The molecule has 2 fully saturated rings. The van der Waals surface area contributed by atoms with Crippen LogP contribution >= 0.6 is 11.6 Å². The molecule has 2 saturated heterocycles. The Labute approximate surface area is 175 Å². The highest BCUT2D eigenvalue weighted by atomic mass is 35.5. The van der Waals surface area contributed by atoms with Gasteiger partial charge in [-0.15, -0.1) is 0 Å². The number of sulfonamides is 1. The molecule has 1 amide bonds. The summed E-state index contributed by atoms with van der Waals surface area (Å²) in [5.74, 6) is 0.108. The summed E-state index contributed by atoms with van der Waals surface area (Å²) in [4.78, 5) is 21.1. The number of likely N-dealkylation sites (tertiary alicyclic amines) is 1. The molecule has 2 aliphatic rings. The van der Waals surface area contributed by atoms with E-state index in [2.05, 4.69) is 9.88 Å². The van der Waals surface area contributed by atoms with Crippen LogP contribution in [0.2, 0.25) is 5.02 Å². The van der Waals surface area contributed by atoms with Gasteiger partial charge in [0.1, 0.15) is 4.90 Å². The second-order valence-electron chi connectivity index (χ2n) is 7.30. The van der Waals surface area contributed by atoms with Crippen LogP contribution in [0.5, 0.6) is 0 Å². The molecule has 2 aliphatic heterocycles. The maximum atomic E-state index is 12.9. The number of halogens is 1. The monoisotopic (exact) mass is 434 g/mol. The Kier molecular flexibility index (Phi) is 5.87. The number of amides is 1. The molecule has 1 atom stereocenters. The first kappa shape index (κ1) is 20.3. The molecular formula is C20H23ClN4O3S. The third-order valence-electron chi connectivity index (χ3n) is 5.53. The molecule has 1 aromatic carbocycles. The van der Waals surface area contributed by atoms with Crippen LogP contribution < -0.4 is 0 Å². The second kappa shape index (κ2) is 8.39. The molecule has 4 rings (SSSR count). The van der Waals surface area contributed by atoms with E-state index in [4.69, 9.17) is 11.6 Å². The zero-order chi connectivity index (χ0) is 20.4. The molecule has 154 valence electrons. The fraction of sp³-hybridized carbons (Fsp3) is 0.400. The number of benzene rings is 1. The van der Waals surface area contributed by atoms with Gasteiger partial charge in [0.25, 0.3) is 0 Å². The van der Waals surface area contributed by atoms with E-state index >= 15 is 0 Å². The van der Waals surface area contributed by atoms with Crippen LogP contribution in [-0.2, 0) is 21.4 Å². The largest absolute Gasteiger partial charge is 0.337 e. The highest BCUT2D eigenvalue weighted by molar-refractivity contribution is 7.89. The van der Waals surface area contributed by atoms with Crippen molar-refractivity contribution in [1.29, 1.82) is 0 Å². The van der Waals surface area contributed by atoms with Crippen LogP contribution in [0.4, 0.5) is 0 Å². The topological polar surface area (TPSA) is 73.8 Å². The van der Waals surface area contributed by atoms with Gasteiger partial charge in [0.15, 0.2) is 0 Å². The number of piperazine rings is 1. The second-order valence-corrected chi connectivity index (χ2v) is 9.61. The van der Waals surface area contributed by atoms with Crippen molar-refractivity contribution in [3.63, 3.8) is 0 Å². The molecule has 1 unspecified atom stereocenters. The van der Waals surface area contributed by atoms with Gasteiger partial charge in [0, 0.05) is 51.7 Å². The summed E-state index contributed by atoms with van der Waals surface area (Å²) in [5.41, 5.74) is 1.01. The summed E-state index contributed by atoms with van der Waals surface area (Å²) < 4.78 is 27.3. The Bertz CT molecular complexity index is 978. The summed E-state index contributed by atoms with van der Waals surface area (Å²) in [7, 11) is -3.63. The summed E-state index contributed by atoms with van der Waals surface area (Å²) in [6, 6.07) is 10.1. The molecular weight excluding hydrogens is 412 g/mol. The molecule has 1 aromatic heterocycles. The number of pyridine rings is 1. The Hall–Kier alpha value is -2.00. The summed E-state index contributed by atoms with van der Waals surface area (Å²) >= 11 is 6.09. The zero-order valence-corrected chi connectivity index (χ0v) is 17.5. The minimum absolute atomic E-state index is 0.108. The van der Waals surface area contributed by atoms with E-state index in [-0.39, 0.29) is 21.9 Å². The summed E-state index contributed by atoms with van der Waals surface area (Å²) in [5, 5.41) is 0.229. The van der Waals surface area contributed by atoms with Crippen molar-refractivity contribution in [2.24, 2.45) is 0 Å². The van der Waals surface area contributed by atoms with Crippen molar-refractivity contribution in [3.8, 4) is 0 Å². The Balaban J connectivity index is 1.38. The lowest BCUT2D eigenvalue weighted by Gasteiger charge is -2.36. The smallest absolute Gasteiger partial charge is 0.244 e. The maximum Gasteiger partial charge on any atom is 0.244 e. The standard InChI is InChI=1S/C20H23ClN4O3S/c21-17-5-1-2-6-19(17)29(27,28)25-12-10-23(11-13-25)18-7-9-24(20(18)26)15-16-4-3-8-22-14-16/h1-6,8,14,18H,7,9-13,15H2. The SMILES string of the molecule is O=C1C(N2CCN(S(=O)(=O)c3ccccc3Cl)CC2)CCN1Cc1cccnc1. The van der Waals surface area contributed by atoms with Crippen molar-refractivity contribution in [1.82, 2.24) is 19.1 Å². The van der Waals surface area contributed by atoms with Gasteiger partial charge < -0.3 is 4.90 Å². The predicted octanol–water partition coefficient (Wildman–Crippen LogP) is 1.84. The van der Waals surface area contributed by atoms with Crippen LogP contribution in [0.25, 0.3) is 0 Å². The number of aromatic nitrogens is 1. The molecule has 0 radical (unpaired) electrons. The van der Waals surface area contributed by atoms with E-state index < -0.39 is 10.0 Å². The molecule has 2 aromatic rings. The van der Waals surface area contributed by atoms with Crippen molar-refractivity contribution in [3.05, 3.63) is 59.4 Å². The average Bonchev–Trinajstić information content (AvgIpc) is 3.09. The molecule has 29 heavy (non-hydrogen) atoms. The van der Waals surface area contributed by atoms with Gasteiger partial charge in [-0.3, -0.25) is 14.7 Å². The number of rotatable bonds is 5. The lowest BCUT2D eigenvalue weighted by atomic mass is 10.2. The molecule has 7 nitrogen and oxygen atoms in total. The van der Waals surface area contributed by atoms with E-state index in [1.165, 1.54) is 10.4 Å². The number of nitrogens with zero attached hydrogens (tertiary/aromatic N) is 4. The number of hydrogen-bond donors (Lipinski definition) is 0. The molecule has 0 bridgehead atoms. The van der Waals surface area contributed by atoms with Gasteiger partial charge in [-0.05, 0) is 30.2 Å². The van der Waals surface area contributed by atoms with Crippen LogP contribution in [0.1, 0.15) is 12.0 Å². The van der Waals surface area contributed by atoms with Crippen LogP contribution in [0.15, 0.2) is 53.7 Å². The van der Waals surface area contributed by atoms with Gasteiger partial charge in [-0.25, -0.2) is 8.42 Å². The Morgan fingerprint density at radius 2 is 1.79 bits per heavy atom. The van der Waals surface area contributed by atoms with E-state index in [1.807, 2.05) is 17.0 Å². The van der Waals surface area contributed by atoms with Crippen molar-refractivity contribution >= 4 is 27.5 Å². The lowest BCUT2D eigenvalue weighted by Crippen LogP contribution is -2.53. The third kappa shape index (κ3) is 4.16. The zero-order valence-electron chi connectivity index (χ0n) is 15.9. The average molecular weight is 435 g/mol. The quantitative estimate of drug-likeness (QED) is 0.718. The normalized spacial score (nSPS) is 21.6. The van der Waals surface area contributed by atoms with E-state index in [1.54, 1.807) is 30.6 Å². The molecule has 0 spiro atoms. The van der Waals surface area contributed by atoms with Crippen molar-refractivity contribution < 1.29 is 13.2 Å². The van der Waals surface area contributed by atoms with Crippen LogP contribution in [-0.4, -0.2) is 72.2 Å². The minimum atomic E-state index is -3.63. The predicted molar refractivity (Wildman–Crippen MR) is 110 cm³/mol. The highest BCUT2D eigenvalue weighted by Crippen LogP contribution is 2.26. The van der Waals surface area contributed by atoms with Gasteiger partial charge in [-0.1, -0.05) is 29.8 Å². The van der Waals surface area contributed by atoms with Gasteiger partial charge in [0.2, 0.25) is 15.9 Å². The Morgan fingerprint density at radius 3 is 2.48 bits per heavy atom. The van der Waals surface area contributed by atoms with Gasteiger partial charge in [-0.2, -0.15) is 4.31 Å². The first-order valence-electron chi connectivity index (χ1n) is 9.63. The van der Waals surface area contributed by atoms with Crippen LogP contribution in [0.3, 0.4) is 0 Å². The van der Waals surface area contributed by atoms with Gasteiger partial charge >= 0.3 is 0 Å². The van der Waals surface area contributed by atoms with E-state index in [0.717, 1.165) is 12.0 Å². The first-order chi connectivity index (χ1) is 14.0.